The Bertz CT molecular complexity index is 932. The van der Waals surface area contributed by atoms with Crippen LogP contribution in [0, 0.1) is 23.5 Å². The van der Waals surface area contributed by atoms with Crippen molar-refractivity contribution < 1.29 is 27.9 Å². The Kier molecular flexibility index (Phi) is 5.67. The Hall–Kier alpha value is -3.29. The molecular formula is C20H18F2N2O4. The van der Waals surface area contributed by atoms with E-state index in [1.165, 1.54) is 6.07 Å². The Morgan fingerprint density at radius 2 is 1.64 bits per heavy atom. The topological polar surface area (TPSA) is 84.5 Å². The fraction of sp³-hybridized carbons (Fsp3) is 0.250. The standard InChI is InChI=1S/C20H18F2N2O4/c1-2-28-20(27)12-5-3-4-6-16(12)23-18(25)13-10-14(13)19(26)24-17-8-7-11(21)9-15(17)22/h3-9,13-14H,2,10H2,1H3,(H,23,25)(H,24,26). The third-order valence-electron chi connectivity index (χ3n) is 4.33. The smallest absolute Gasteiger partial charge is 0.340 e. The third-order valence-corrected chi connectivity index (χ3v) is 4.33. The Morgan fingerprint density at radius 1 is 1.00 bits per heavy atom. The zero-order valence-corrected chi connectivity index (χ0v) is 15.0. The number of amides is 2. The molecule has 2 atom stereocenters. The van der Waals surface area contributed by atoms with Crippen LogP contribution in [0.2, 0.25) is 0 Å². The van der Waals surface area contributed by atoms with Crippen molar-refractivity contribution in [3.63, 3.8) is 0 Å². The Labute approximate surface area is 159 Å². The minimum absolute atomic E-state index is 0.148. The highest BCUT2D eigenvalue weighted by Crippen LogP contribution is 2.40. The predicted octanol–water partition coefficient (Wildman–Crippen LogP) is 3.35. The lowest BCUT2D eigenvalue weighted by atomic mass is 10.1. The number of anilines is 2. The number of para-hydroxylation sites is 1. The number of nitrogens with one attached hydrogen (secondary N) is 2. The molecule has 3 rings (SSSR count). The maximum Gasteiger partial charge on any atom is 0.340 e. The van der Waals surface area contributed by atoms with E-state index in [0.717, 1.165) is 12.1 Å². The molecule has 6 nitrogen and oxygen atoms in total. The highest BCUT2D eigenvalue weighted by atomic mass is 19.1. The minimum atomic E-state index is -0.890. The van der Waals surface area contributed by atoms with E-state index in [4.69, 9.17) is 4.74 Å². The molecule has 146 valence electrons. The number of hydrogen-bond acceptors (Lipinski definition) is 4. The van der Waals surface area contributed by atoms with Crippen molar-refractivity contribution in [1.29, 1.82) is 0 Å². The van der Waals surface area contributed by atoms with E-state index in [0.29, 0.717) is 18.2 Å². The number of benzene rings is 2. The second kappa shape index (κ2) is 8.16. The van der Waals surface area contributed by atoms with Gasteiger partial charge in [-0.05, 0) is 37.6 Å². The molecule has 1 saturated carbocycles. The second-order valence-corrected chi connectivity index (χ2v) is 6.32. The molecule has 8 heteroatoms. The van der Waals surface area contributed by atoms with Gasteiger partial charge in [-0.3, -0.25) is 9.59 Å². The molecule has 0 saturated heterocycles. The van der Waals surface area contributed by atoms with Crippen molar-refractivity contribution in [3.05, 3.63) is 59.7 Å². The summed E-state index contributed by atoms with van der Waals surface area (Å²) in [5.41, 5.74) is 0.361. The normalized spacial score (nSPS) is 17.5. The lowest BCUT2D eigenvalue weighted by Crippen LogP contribution is -2.22. The SMILES string of the molecule is CCOC(=O)c1ccccc1NC(=O)C1CC1C(=O)Nc1ccc(F)cc1F. The van der Waals surface area contributed by atoms with Gasteiger partial charge in [0.2, 0.25) is 11.8 Å². The molecular weight excluding hydrogens is 370 g/mol. The van der Waals surface area contributed by atoms with Crippen molar-refractivity contribution in [2.24, 2.45) is 11.8 Å². The first-order chi connectivity index (χ1) is 13.4. The first-order valence-electron chi connectivity index (χ1n) is 8.73. The summed E-state index contributed by atoms with van der Waals surface area (Å²) in [6.07, 6.45) is 0.294. The van der Waals surface area contributed by atoms with Gasteiger partial charge in [-0.25, -0.2) is 13.6 Å². The van der Waals surface area contributed by atoms with Gasteiger partial charge in [-0.15, -0.1) is 0 Å². The summed E-state index contributed by atoms with van der Waals surface area (Å²) in [5.74, 6) is -4.37. The quantitative estimate of drug-likeness (QED) is 0.744. The lowest BCUT2D eigenvalue weighted by Gasteiger charge is -2.10. The summed E-state index contributed by atoms with van der Waals surface area (Å²) in [4.78, 5) is 36.6. The monoisotopic (exact) mass is 388 g/mol. The Balaban J connectivity index is 1.62. The second-order valence-electron chi connectivity index (χ2n) is 6.32. The molecule has 0 bridgehead atoms. The van der Waals surface area contributed by atoms with E-state index in [9.17, 15) is 23.2 Å². The number of halogens is 2. The molecule has 0 spiro atoms. The maximum absolute atomic E-state index is 13.6. The summed E-state index contributed by atoms with van der Waals surface area (Å²) >= 11 is 0. The third kappa shape index (κ3) is 4.33. The summed E-state index contributed by atoms with van der Waals surface area (Å²) < 4.78 is 31.5. The number of hydrogen-bond donors (Lipinski definition) is 2. The Morgan fingerprint density at radius 3 is 2.29 bits per heavy atom. The van der Waals surface area contributed by atoms with Crippen LogP contribution in [0.4, 0.5) is 20.2 Å². The number of carbonyl (C=O) groups is 3. The van der Waals surface area contributed by atoms with E-state index in [1.54, 1.807) is 25.1 Å². The molecule has 2 aromatic carbocycles. The van der Waals surface area contributed by atoms with Crippen LogP contribution in [0.3, 0.4) is 0 Å². The van der Waals surface area contributed by atoms with Gasteiger partial charge < -0.3 is 15.4 Å². The molecule has 2 aromatic rings. The van der Waals surface area contributed by atoms with E-state index in [1.807, 2.05) is 0 Å². The lowest BCUT2D eigenvalue weighted by molar-refractivity contribution is -0.122. The van der Waals surface area contributed by atoms with Crippen molar-refractivity contribution in [2.45, 2.75) is 13.3 Å². The molecule has 0 radical (unpaired) electrons. The summed E-state index contributed by atoms with van der Waals surface area (Å²) in [5, 5.41) is 5.00. The number of ether oxygens (including phenoxy) is 1. The fourth-order valence-corrected chi connectivity index (χ4v) is 2.80. The van der Waals surface area contributed by atoms with E-state index >= 15 is 0 Å². The molecule has 28 heavy (non-hydrogen) atoms. The van der Waals surface area contributed by atoms with Gasteiger partial charge >= 0.3 is 5.97 Å². The van der Waals surface area contributed by atoms with Crippen LogP contribution >= 0.6 is 0 Å². The van der Waals surface area contributed by atoms with E-state index < -0.39 is 41.3 Å². The largest absolute Gasteiger partial charge is 0.462 e. The van der Waals surface area contributed by atoms with Gasteiger partial charge in [-0.1, -0.05) is 12.1 Å². The molecule has 1 fully saturated rings. The molecule has 1 aliphatic carbocycles. The van der Waals surface area contributed by atoms with Crippen LogP contribution in [0.15, 0.2) is 42.5 Å². The van der Waals surface area contributed by atoms with Gasteiger partial charge in [0.15, 0.2) is 0 Å². The predicted molar refractivity (Wildman–Crippen MR) is 97.6 cm³/mol. The molecule has 2 amide bonds. The van der Waals surface area contributed by atoms with Gasteiger partial charge in [0.05, 0.1) is 35.4 Å². The van der Waals surface area contributed by atoms with Crippen LogP contribution < -0.4 is 10.6 Å². The summed E-state index contributed by atoms with van der Waals surface area (Å²) in [7, 11) is 0. The number of carbonyl (C=O) groups excluding carboxylic acids is 3. The van der Waals surface area contributed by atoms with Crippen LogP contribution in [0.1, 0.15) is 23.7 Å². The van der Waals surface area contributed by atoms with Gasteiger partial charge in [0.25, 0.3) is 0 Å². The highest BCUT2D eigenvalue weighted by molar-refractivity contribution is 6.06. The molecule has 2 N–H and O–H groups in total. The minimum Gasteiger partial charge on any atom is -0.462 e. The average Bonchev–Trinajstić information content (AvgIpc) is 3.46. The van der Waals surface area contributed by atoms with E-state index in [-0.39, 0.29) is 17.9 Å². The van der Waals surface area contributed by atoms with Gasteiger partial charge in [0.1, 0.15) is 11.6 Å². The van der Waals surface area contributed by atoms with Crippen molar-refractivity contribution in [2.75, 3.05) is 17.2 Å². The van der Waals surface area contributed by atoms with Crippen molar-refractivity contribution >= 4 is 29.2 Å². The first-order valence-corrected chi connectivity index (χ1v) is 8.73. The van der Waals surface area contributed by atoms with Crippen LogP contribution in [0.5, 0.6) is 0 Å². The molecule has 0 aliphatic heterocycles. The van der Waals surface area contributed by atoms with Gasteiger partial charge in [0, 0.05) is 6.07 Å². The van der Waals surface area contributed by atoms with Crippen molar-refractivity contribution in [3.8, 4) is 0 Å². The molecule has 0 heterocycles. The number of esters is 1. The van der Waals surface area contributed by atoms with Crippen molar-refractivity contribution in [1.82, 2.24) is 0 Å². The number of rotatable bonds is 6. The maximum atomic E-state index is 13.6. The van der Waals surface area contributed by atoms with Crippen LogP contribution in [-0.4, -0.2) is 24.4 Å². The molecule has 0 aromatic heterocycles. The van der Waals surface area contributed by atoms with Crippen LogP contribution in [-0.2, 0) is 14.3 Å². The fourth-order valence-electron chi connectivity index (χ4n) is 2.80. The summed E-state index contributed by atoms with van der Waals surface area (Å²) in [6, 6.07) is 9.22. The molecule has 2 unspecified atom stereocenters. The van der Waals surface area contributed by atoms with Gasteiger partial charge in [-0.2, -0.15) is 0 Å². The zero-order chi connectivity index (χ0) is 20.3. The average molecular weight is 388 g/mol. The highest BCUT2D eigenvalue weighted by Gasteiger charge is 2.48. The van der Waals surface area contributed by atoms with E-state index in [2.05, 4.69) is 10.6 Å². The first kappa shape index (κ1) is 19.5. The molecule has 1 aliphatic rings. The van der Waals surface area contributed by atoms with Crippen LogP contribution in [0.25, 0.3) is 0 Å². The zero-order valence-electron chi connectivity index (χ0n) is 15.0. The summed E-state index contributed by atoms with van der Waals surface area (Å²) in [6.45, 7) is 1.88.